The van der Waals surface area contributed by atoms with Crippen molar-refractivity contribution in [3.63, 3.8) is 0 Å². The minimum atomic E-state index is -0.140. The van der Waals surface area contributed by atoms with Gasteiger partial charge in [-0.1, -0.05) is 78.9 Å². The van der Waals surface area contributed by atoms with Crippen LogP contribution >= 0.6 is 0 Å². The van der Waals surface area contributed by atoms with Gasteiger partial charge in [-0.15, -0.1) is 0 Å². The van der Waals surface area contributed by atoms with Gasteiger partial charge < -0.3 is 5.32 Å². The monoisotopic (exact) mass is 395 g/mol. The number of benzene rings is 3. The van der Waals surface area contributed by atoms with Gasteiger partial charge in [0, 0.05) is 23.7 Å². The molecular weight excluding hydrogens is 374 g/mol. The molecule has 1 aliphatic rings. The number of amides is 2. The average molecular weight is 395 g/mol. The zero-order valence-electron chi connectivity index (χ0n) is 16.3. The fourth-order valence-electron chi connectivity index (χ4n) is 3.92. The molecule has 0 spiro atoms. The lowest BCUT2D eigenvalue weighted by molar-refractivity contribution is 0.246. The van der Waals surface area contributed by atoms with Crippen molar-refractivity contribution in [1.29, 1.82) is 0 Å². The number of rotatable bonds is 4. The zero-order chi connectivity index (χ0) is 20.3. The molecule has 2 N–H and O–H groups in total. The quantitative estimate of drug-likeness (QED) is 0.540. The molecule has 0 saturated heterocycles. The number of carbonyl (C=O) groups excluding carboxylic acids is 1. The van der Waals surface area contributed by atoms with Crippen molar-refractivity contribution in [1.82, 2.24) is 20.5 Å². The summed E-state index contributed by atoms with van der Waals surface area (Å²) in [7, 11) is 0. The number of carbonyl (C=O) groups is 1. The maximum absolute atomic E-state index is 13.0. The standard InChI is InChI=1S/C24H21N5O/c30-24(25-15-22-26-23(28-27-22)18-11-5-2-6-12-18)29-16-20(17-9-3-1-4-10-17)19-13-7-8-14-21(19)29/h1-14,20H,15-16H2,(H,25,30)(H,26,27,28). The van der Waals surface area contributed by atoms with Gasteiger partial charge in [-0.2, -0.15) is 5.10 Å². The molecule has 1 aromatic heterocycles. The van der Waals surface area contributed by atoms with Gasteiger partial charge in [0.2, 0.25) is 0 Å². The molecule has 1 aliphatic heterocycles. The minimum Gasteiger partial charge on any atom is -0.330 e. The molecule has 5 rings (SSSR count). The number of nitrogens with one attached hydrogen (secondary N) is 2. The Morgan fingerprint density at radius 2 is 1.67 bits per heavy atom. The summed E-state index contributed by atoms with van der Waals surface area (Å²) in [6, 6.07) is 28.0. The first kappa shape index (κ1) is 18.1. The lowest BCUT2D eigenvalue weighted by atomic mass is 9.93. The van der Waals surface area contributed by atoms with Crippen molar-refractivity contribution in [2.24, 2.45) is 0 Å². The highest BCUT2D eigenvalue weighted by molar-refractivity contribution is 5.95. The second-order valence-electron chi connectivity index (χ2n) is 7.26. The second-order valence-corrected chi connectivity index (χ2v) is 7.26. The molecular formula is C24H21N5O. The number of aromatic nitrogens is 3. The number of fused-ring (bicyclic) bond motifs is 1. The van der Waals surface area contributed by atoms with E-state index in [2.05, 4.69) is 38.7 Å². The molecule has 0 aliphatic carbocycles. The topological polar surface area (TPSA) is 73.9 Å². The normalized spacial score (nSPS) is 15.1. The molecule has 2 heterocycles. The predicted octanol–water partition coefficient (Wildman–Crippen LogP) is 4.33. The Balaban J connectivity index is 1.31. The Kier molecular flexibility index (Phi) is 4.73. The number of aromatic amines is 1. The Hall–Kier alpha value is -3.93. The zero-order valence-corrected chi connectivity index (χ0v) is 16.3. The summed E-state index contributed by atoms with van der Waals surface area (Å²) >= 11 is 0. The Bertz CT molecular complexity index is 1160. The molecule has 148 valence electrons. The molecule has 1 atom stereocenters. The first-order valence-corrected chi connectivity index (χ1v) is 9.95. The smallest absolute Gasteiger partial charge is 0.322 e. The molecule has 6 nitrogen and oxygen atoms in total. The first-order chi connectivity index (χ1) is 14.8. The number of H-pyrrole nitrogens is 1. The van der Waals surface area contributed by atoms with E-state index in [1.807, 2.05) is 71.6 Å². The summed E-state index contributed by atoms with van der Waals surface area (Å²) in [5, 5.41) is 10.1. The summed E-state index contributed by atoms with van der Waals surface area (Å²) in [6.07, 6.45) is 0. The van der Waals surface area contributed by atoms with Gasteiger partial charge in [-0.25, -0.2) is 9.78 Å². The highest BCUT2D eigenvalue weighted by atomic mass is 16.2. The van der Waals surface area contributed by atoms with Gasteiger partial charge in [0.05, 0.1) is 6.54 Å². The number of hydrogen-bond acceptors (Lipinski definition) is 3. The number of urea groups is 1. The van der Waals surface area contributed by atoms with E-state index < -0.39 is 0 Å². The molecule has 0 saturated carbocycles. The van der Waals surface area contributed by atoms with Gasteiger partial charge >= 0.3 is 6.03 Å². The van der Waals surface area contributed by atoms with Gasteiger partial charge in [-0.05, 0) is 17.2 Å². The van der Waals surface area contributed by atoms with Crippen LogP contribution in [0, 0.1) is 0 Å². The van der Waals surface area contributed by atoms with E-state index >= 15 is 0 Å². The van der Waals surface area contributed by atoms with Gasteiger partial charge in [0.1, 0.15) is 5.82 Å². The lowest BCUT2D eigenvalue weighted by Crippen LogP contribution is -2.39. The van der Waals surface area contributed by atoms with E-state index in [4.69, 9.17) is 0 Å². The molecule has 0 radical (unpaired) electrons. The number of nitrogens with zero attached hydrogens (tertiary/aromatic N) is 3. The molecule has 30 heavy (non-hydrogen) atoms. The van der Waals surface area contributed by atoms with Crippen molar-refractivity contribution in [2.45, 2.75) is 12.5 Å². The fourth-order valence-corrected chi connectivity index (χ4v) is 3.92. The predicted molar refractivity (Wildman–Crippen MR) is 116 cm³/mol. The number of anilines is 1. The third kappa shape index (κ3) is 3.43. The van der Waals surface area contributed by atoms with E-state index in [0.717, 1.165) is 11.3 Å². The van der Waals surface area contributed by atoms with Crippen LogP contribution in [-0.2, 0) is 6.54 Å². The van der Waals surface area contributed by atoms with E-state index in [1.165, 1.54) is 11.1 Å². The summed E-state index contributed by atoms with van der Waals surface area (Å²) in [5.74, 6) is 1.41. The third-order valence-corrected chi connectivity index (χ3v) is 5.39. The highest BCUT2D eigenvalue weighted by Gasteiger charge is 2.32. The molecule has 2 amide bonds. The molecule has 0 fully saturated rings. The van der Waals surface area contributed by atoms with Gasteiger partial charge in [-0.3, -0.25) is 10.00 Å². The van der Waals surface area contributed by atoms with Crippen LogP contribution in [-0.4, -0.2) is 27.8 Å². The van der Waals surface area contributed by atoms with E-state index in [1.54, 1.807) is 0 Å². The average Bonchev–Trinajstić information content (AvgIpc) is 3.44. The molecule has 0 bridgehead atoms. The molecule has 4 aromatic rings. The van der Waals surface area contributed by atoms with Crippen LogP contribution in [0.25, 0.3) is 11.4 Å². The maximum Gasteiger partial charge on any atom is 0.322 e. The Labute approximate surface area is 174 Å². The van der Waals surface area contributed by atoms with E-state index in [-0.39, 0.29) is 18.5 Å². The van der Waals surface area contributed by atoms with Crippen LogP contribution in [0.1, 0.15) is 22.9 Å². The van der Waals surface area contributed by atoms with Crippen LogP contribution in [0.4, 0.5) is 10.5 Å². The van der Waals surface area contributed by atoms with E-state index in [0.29, 0.717) is 18.2 Å². The number of hydrogen-bond donors (Lipinski definition) is 2. The SMILES string of the molecule is O=C(NCc1nc(-c2ccccc2)n[nH]1)N1CC(c2ccccc2)c2ccccc21. The summed E-state index contributed by atoms with van der Waals surface area (Å²) in [5.41, 5.74) is 4.27. The summed E-state index contributed by atoms with van der Waals surface area (Å²) in [4.78, 5) is 19.3. The number of para-hydroxylation sites is 1. The highest BCUT2D eigenvalue weighted by Crippen LogP contribution is 2.39. The molecule has 6 heteroatoms. The summed E-state index contributed by atoms with van der Waals surface area (Å²) < 4.78 is 0. The van der Waals surface area contributed by atoms with Gasteiger partial charge in [0.25, 0.3) is 0 Å². The van der Waals surface area contributed by atoms with Crippen LogP contribution in [0.15, 0.2) is 84.9 Å². The van der Waals surface area contributed by atoms with Crippen molar-refractivity contribution >= 4 is 11.7 Å². The largest absolute Gasteiger partial charge is 0.330 e. The van der Waals surface area contributed by atoms with Crippen molar-refractivity contribution in [3.05, 3.63) is 102 Å². The molecule has 3 aromatic carbocycles. The summed E-state index contributed by atoms with van der Waals surface area (Å²) in [6.45, 7) is 0.897. The van der Waals surface area contributed by atoms with E-state index in [9.17, 15) is 4.79 Å². The van der Waals surface area contributed by atoms with Crippen molar-refractivity contribution in [2.75, 3.05) is 11.4 Å². The van der Waals surface area contributed by atoms with Crippen molar-refractivity contribution < 1.29 is 4.79 Å². The minimum absolute atomic E-state index is 0.140. The Morgan fingerprint density at radius 3 is 2.47 bits per heavy atom. The first-order valence-electron chi connectivity index (χ1n) is 9.95. The van der Waals surface area contributed by atoms with Crippen LogP contribution in [0.2, 0.25) is 0 Å². The second kappa shape index (κ2) is 7.83. The molecule has 1 unspecified atom stereocenters. The third-order valence-electron chi connectivity index (χ3n) is 5.39. The van der Waals surface area contributed by atoms with Gasteiger partial charge in [0.15, 0.2) is 5.82 Å². The fraction of sp³-hybridized carbons (Fsp3) is 0.125. The Morgan fingerprint density at radius 1 is 0.967 bits per heavy atom. The van der Waals surface area contributed by atoms with Crippen molar-refractivity contribution in [3.8, 4) is 11.4 Å². The van der Waals surface area contributed by atoms with Crippen LogP contribution in [0.5, 0.6) is 0 Å². The van der Waals surface area contributed by atoms with Crippen LogP contribution < -0.4 is 10.2 Å². The van der Waals surface area contributed by atoms with Crippen LogP contribution in [0.3, 0.4) is 0 Å². The lowest BCUT2D eigenvalue weighted by Gasteiger charge is -2.18. The maximum atomic E-state index is 13.0.